The number of methoxy groups -OCH3 is 1. The maximum Gasteiger partial charge on any atom is 0.253 e. The van der Waals surface area contributed by atoms with Gasteiger partial charge in [-0.3, -0.25) is 19.5 Å². The highest BCUT2D eigenvalue weighted by Gasteiger charge is 2.14. The van der Waals surface area contributed by atoms with Crippen LogP contribution in [0.1, 0.15) is 22.3 Å². The fraction of sp³-hybridized carbons (Fsp3) is 0.300. The van der Waals surface area contributed by atoms with Crippen LogP contribution in [0.2, 0.25) is 0 Å². The average molecular weight is 515 g/mol. The van der Waals surface area contributed by atoms with Crippen LogP contribution in [0, 0.1) is 0 Å². The predicted octanol–water partition coefficient (Wildman–Crippen LogP) is 3.99. The van der Waals surface area contributed by atoms with Gasteiger partial charge in [0.2, 0.25) is 0 Å². The smallest absolute Gasteiger partial charge is 0.253 e. The van der Waals surface area contributed by atoms with Crippen LogP contribution < -0.4 is 15.0 Å². The first-order chi connectivity index (χ1) is 18.4. The maximum absolute atomic E-state index is 12.9. The van der Waals surface area contributed by atoms with Gasteiger partial charge in [-0.2, -0.15) is 0 Å². The van der Waals surface area contributed by atoms with E-state index in [9.17, 15) is 9.59 Å². The van der Waals surface area contributed by atoms with E-state index in [-0.39, 0.29) is 11.5 Å². The predicted molar refractivity (Wildman–Crippen MR) is 149 cm³/mol. The van der Waals surface area contributed by atoms with Crippen molar-refractivity contribution in [2.75, 3.05) is 40.4 Å². The monoisotopic (exact) mass is 514 g/mol. The van der Waals surface area contributed by atoms with Crippen molar-refractivity contribution in [3.8, 4) is 11.5 Å². The van der Waals surface area contributed by atoms with Gasteiger partial charge in [-0.25, -0.2) is 0 Å². The van der Waals surface area contributed by atoms with Crippen molar-refractivity contribution in [2.45, 2.75) is 13.0 Å². The van der Waals surface area contributed by atoms with Crippen LogP contribution in [0.5, 0.6) is 11.5 Å². The Balaban J connectivity index is 1.33. The number of nitrogens with zero attached hydrogens (tertiary/aromatic N) is 4. The number of hydrogen-bond donors (Lipinski definition) is 0. The lowest BCUT2D eigenvalue weighted by Crippen LogP contribution is -2.37. The molecule has 0 aliphatic rings. The van der Waals surface area contributed by atoms with E-state index in [0.717, 1.165) is 48.5 Å². The van der Waals surface area contributed by atoms with Crippen molar-refractivity contribution in [1.29, 1.82) is 0 Å². The molecule has 8 nitrogen and oxygen atoms in total. The number of carbonyl (C=O) groups is 1. The maximum atomic E-state index is 12.9. The molecule has 4 rings (SSSR count). The highest BCUT2D eigenvalue weighted by Crippen LogP contribution is 2.19. The summed E-state index contributed by atoms with van der Waals surface area (Å²) in [6.45, 7) is 3.46. The summed E-state index contributed by atoms with van der Waals surface area (Å²) in [5.41, 5.74) is 2.65. The molecule has 0 fully saturated rings. The second-order valence-electron chi connectivity index (χ2n) is 9.24. The molecule has 2 aromatic heterocycles. The summed E-state index contributed by atoms with van der Waals surface area (Å²) in [4.78, 5) is 32.9. The van der Waals surface area contributed by atoms with Gasteiger partial charge < -0.3 is 18.9 Å². The number of benzene rings is 2. The Labute approximate surface area is 223 Å². The number of likely N-dealkylation sites (N-methyl/N-ethyl adjacent to an activating group) is 1. The zero-order valence-corrected chi connectivity index (χ0v) is 22.2. The Morgan fingerprint density at radius 3 is 2.39 bits per heavy atom. The first-order valence-electron chi connectivity index (χ1n) is 12.7. The molecule has 2 aromatic carbocycles. The number of carbonyl (C=O) groups excluding carboxylic acids is 1. The molecule has 4 aromatic rings. The summed E-state index contributed by atoms with van der Waals surface area (Å²) < 4.78 is 12.8. The topological polar surface area (TPSA) is 76.9 Å². The first kappa shape index (κ1) is 26.9. The highest BCUT2D eigenvalue weighted by atomic mass is 16.5. The molecule has 0 spiro atoms. The molecule has 0 aliphatic heterocycles. The van der Waals surface area contributed by atoms with E-state index in [2.05, 4.69) is 9.88 Å². The summed E-state index contributed by atoms with van der Waals surface area (Å²) in [5.74, 6) is 1.49. The Kier molecular flexibility index (Phi) is 9.11. The van der Waals surface area contributed by atoms with Crippen molar-refractivity contribution in [3.05, 3.63) is 101 Å². The Bertz CT molecular complexity index is 1400. The second-order valence-corrected chi connectivity index (χ2v) is 9.24. The summed E-state index contributed by atoms with van der Waals surface area (Å²) >= 11 is 0. The average Bonchev–Trinajstić information content (AvgIpc) is 2.95. The van der Waals surface area contributed by atoms with E-state index >= 15 is 0 Å². The van der Waals surface area contributed by atoms with Crippen LogP contribution in [0.25, 0.3) is 10.9 Å². The number of rotatable bonds is 12. The second kappa shape index (κ2) is 12.9. The number of hydrogen-bond acceptors (Lipinski definition) is 6. The number of ether oxygens (including phenoxy) is 2. The largest absolute Gasteiger partial charge is 0.497 e. The summed E-state index contributed by atoms with van der Waals surface area (Å²) in [5, 5.41) is 0.966. The Hall–Kier alpha value is -4.17. The fourth-order valence-electron chi connectivity index (χ4n) is 4.29. The van der Waals surface area contributed by atoms with Crippen LogP contribution in [-0.4, -0.2) is 65.7 Å². The van der Waals surface area contributed by atoms with Gasteiger partial charge in [-0.05, 0) is 72.6 Å². The molecule has 0 radical (unpaired) electrons. The number of amides is 1. The van der Waals surface area contributed by atoms with E-state index < -0.39 is 0 Å². The van der Waals surface area contributed by atoms with Crippen molar-refractivity contribution in [3.63, 3.8) is 0 Å². The van der Waals surface area contributed by atoms with Crippen molar-refractivity contribution in [2.24, 2.45) is 7.05 Å². The third-order valence-electron chi connectivity index (χ3n) is 6.57. The molecule has 0 saturated carbocycles. The molecule has 0 atom stereocenters. The quantitative estimate of drug-likeness (QED) is 0.266. The van der Waals surface area contributed by atoms with Crippen LogP contribution in [-0.2, 0) is 13.6 Å². The molecule has 0 N–H and O–H groups in total. The molecule has 1 amide bonds. The SMILES string of the molecule is COc1ccc(C(=O)N(C)CCN(CCCOc2ccc3c(ccc(=O)n3C)c2)Cc2ccncc2)cc1. The zero-order valence-electron chi connectivity index (χ0n) is 22.2. The minimum absolute atomic E-state index is 0.0198. The van der Waals surface area contributed by atoms with Crippen molar-refractivity contribution < 1.29 is 14.3 Å². The standard InChI is InChI=1S/C30H34N4O4/c1-32(30(36)24-5-8-26(37-3)9-6-24)18-19-34(22-23-13-15-31-16-14-23)17-4-20-38-27-10-11-28-25(21-27)7-12-29(35)33(28)2/h5-16,21H,4,17-20,22H2,1-3H3. The van der Waals surface area contributed by atoms with E-state index in [1.807, 2.05) is 43.4 Å². The molecule has 0 aliphatic carbocycles. The third kappa shape index (κ3) is 6.98. The van der Waals surface area contributed by atoms with Crippen LogP contribution in [0.4, 0.5) is 0 Å². The molecule has 0 bridgehead atoms. The fourth-order valence-corrected chi connectivity index (χ4v) is 4.29. The van der Waals surface area contributed by atoms with Crippen molar-refractivity contribution >= 4 is 16.8 Å². The number of aromatic nitrogens is 2. The van der Waals surface area contributed by atoms with Gasteiger partial charge in [0.25, 0.3) is 11.5 Å². The molecule has 0 unspecified atom stereocenters. The van der Waals surface area contributed by atoms with E-state index in [1.165, 1.54) is 5.56 Å². The lowest BCUT2D eigenvalue weighted by Gasteiger charge is -2.26. The number of pyridine rings is 2. The van der Waals surface area contributed by atoms with Gasteiger partial charge in [0, 0.05) is 69.7 Å². The van der Waals surface area contributed by atoms with Crippen LogP contribution >= 0.6 is 0 Å². The molecule has 0 saturated heterocycles. The van der Waals surface area contributed by atoms with E-state index in [0.29, 0.717) is 18.7 Å². The normalized spacial score (nSPS) is 11.1. The molecular weight excluding hydrogens is 480 g/mol. The first-order valence-corrected chi connectivity index (χ1v) is 12.7. The van der Waals surface area contributed by atoms with Gasteiger partial charge in [-0.15, -0.1) is 0 Å². The number of fused-ring (bicyclic) bond motifs is 1. The lowest BCUT2D eigenvalue weighted by atomic mass is 10.2. The van der Waals surface area contributed by atoms with Crippen molar-refractivity contribution in [1.82, 2.24) is 19.4 Å². The van der Waals surface area contributed by atoms with E-state index in [4.69, 9.17) is 9.47 Å². The number of aryl methyl sites for hydroxylation is 1. The van der Waals surface area contributed by atoms with Crippen LogP contribution in [0.15, 0.2) is 83.9 Å². The minimum atomic E-state index is -0.0307. The van der Waals surface area contributed by atoms with Gasteiger partial charge in [0.05, 0.1) is 19.2 Å². The lowest BCUT2D eigenvalue weighted by molar-refractivity contribution is 0.0774. The third-order valence-corrected chi connectivity index (χ3v) is 6.57. The Morgan fingerprint density at radius 1 is 0.921 bits per heavy atom. The molecule has 2 heterocycles. The van der Waals surface area contributed by atoms with Gasteiger partial charge in [0.1, 0.15) is 11.5 Å². The van der Waals surface area contributed by atoms with Gasteiger partial charge in [-0.1, -0.05) is 0 Å². The van der Waals surface area contributed by atoms with E-state index in [1.54, 1.807) is 66.4 Å². The highest BCUT2D eigenvalue weighted by molar-refractivity contribution is 5.94. The zero-order chi connectivity index (χ0) is 26.9. The van der Waals surface area contributed by atoms with Crippen LogP contribution in [0.3, 0.4) is 0 Å². The molecule has 8 heteroatoms. The summed E-state index contributed by atoms with van der Waals surface area (Å²) in [7, 11) is 5.21. The molecule has 198 valence electrons. The summed E-state index contributed by atoms with van der Waals surface area (Å²) in [6, 6.07) is 20.4. The molecule has 38 heavy (non-hydrogen) atoms. The molecular formula is C30H34N4O4. The van der Waals surface area contributed by atoms with Gasteiger partial charge >= 0.3 is 0 Å². The summed E-state index contributed by atoms with van der Waals surface area (Å²) in [6.07, 6.45) is 4.42. The Morgan fingerprint density at radius 2 is 1.66 bits per heavy atom. The minimum Gasteiger partial charge on any atom is -0.497 e. The van der Waals surface area contributed by atoms with Gasteiger partial charge in [0.15, 0.2) is 0 Å².